The van der Waals surface area contributed by atoms with Crippen LogP contribution in [0.2, 0.25) is 0 Å². The molecule has 124 valence electrons. The van der Waals surface area contributed by atoms with Crippen molar-refractivity contribution in [2.45, 2.75) is 26.7 Å². The Morgan fingerprint density at radius 2 is 1.96 bits per heavy atom. The van der Waals surface area contributed by atoms with E-state index in [2.05, 4.69) is 42.2 Å². The van der Waals surface area contributed by atoms with Crippen LogP contribution in [0, 0.1) is 5.92 Å². The molecule has 0 saturated carbocycles. The Morgan fingerprint density at radius 3 is 2.80 bits per heavy atom. The van der Waals surface area contributed by atoms with Gasteiger partial charge in [0.05, 0.1) is 5.52 Å². The molecular weight excluding hydrogens is 306 g/mol. The van der Waals surface area contributed by atoms with Gasteiger partial charge in [-0.1, -0.05) is 43.3 Å². The zero-order chi connectivity index (χ0) is 17.4. The van der Waals surface area contributed by atoms with Crippen molar-refractivity contribution in [1.82, 2.24) is 4.98 Å². The zero-order valence-electron chi connectivity index (χ0n) is 14.6. The zero-order valence-corrected chi connectivity index (χ0v) is 14.6. The molecule has 1 aliphatic carbocycles. The van der Waals surface area contributed by atoms with Gasteiger partial charge in [0.2, 0.25) is 0 Å². The highest BCUT2D eigenvalue weighted by Gasteiger charge is 2.18. The summed E-state index contributed by atoms with van der Waals surface area (Å²) < 4.78 is 0. The van der Waals surface area contributed by atoms with Gasteiger partial charge in [0.1, 0.15) is 0 Å². The number of para-hydroxylation sites is 1. The third-order valence-electron chi connectivity index (χ3n) is 5.00. The number of nitrogens with zero attached hydrogens (tertiary/aromatic N) is 1. The lowest BCUT2D eigenvalue weighted by molar-refractivity contribution is 0.101. The predicted octanol–water partition coefficient (Wildman–Crippen LogP) is 5.45. The molecule has 0 saturated heterocycles. The van der Waals surface area contributed by atoms with Crippen molar-refractivity contribution in [3.05, 3.63) is 83.1 Å². The monoisotopic (exact) mass is 327 g/mol. The molecule has 1 atom stereocenters. The van der Waals surface area contributed by atoms with Crippen molar-refractivity contribution in [3.8, 4) is 0 Å². The largest absolute Gasteiger partial charge is 0.295 e. The molecule has 1 aromatic heterocycles. The highest BCUT2D eigenvalue weighted by Crippen LogP contribution is 2.34. The van der Waals surface area contributed by atoms with E-state index in [0.717, 1.165) is 34.9 Å². The molecule has 2 aromatic carbocycles. The van der Waals surface area contributed by atoms with E-state index < -0.39 is 0 Å². The second-order valence-corrected chi connectivity index (χ2v) is 7.01. The molecule has 1 aliphatic rings. The van der Waals surface area contributed by atoms with Gasteiger partial charge in [-0.25, -0.2) is 0 Å². The van der Waals surface area contributed by atoms with Crippen LogP contribution in [0.25, 0.3) is 16.5 Å². The molecule has 2 heteroatoms. The molecule has 25 heavy (non-hydrogen) atoms. The molecule has 0 spiro atoms. The summed E-state index contributed by atoms with van der Waals surface area (Å²) in [5, 5.41) is 1.14. The number of rotatable bonds is 2. The van der Waals surface area contributed by atoms with Crippen molar-refractivity contribution in [3.63, 3.8) is 0 Å². The van der Waals surface area contributed by atoms with Crippen molar-refractivity contribution < 1.29 is 4.79 Å². The van der Waals surface area contributed by atoms with Crippen LogP contribution in [0.5, 0.6) is 0 Å². The lowest BCUT2D eigenvalue weighted by Crippen LogP contribution is -2.01. The van der Waals surface area contributed by atoms with Crippen LogP contribution >= 0.6 is 0 Å². The quantitative estimate of drug-likeness (QED) is 0.586. The summed E-state index contributed by atoms with van der Waals surface area (Å²) in [6.45, 7) is 3.91. The van der Waals surface area contributed by atoms with E-state index in [9.17, 15) is 4.79 Å². The van der Waals surface area contributed by atoms with E-state index in [1.165, 1.54) is 16.7 Å². The molecule has 0 N–H and O–H groups in total. The van der Waals surface area contributed by atoms with Crippen LogP contribution in [0.4, 0.5) is 0 Å². The van der Waals surface area contributed by atoms with Crippen molar-refractivity contribution in [2.75, 3.05) is 0 Å². The minimum absolute atomic E-state index is 0.107. The Labute approximate surface area is 148 Å². The van der Waals surface area contributed by atoms with Crippen molar-refractivity contribution in [1.29, 1.82) is 0 Å². The van der Waals surface area contributed by atoms with Crippen LogP contribution in [-0.4, -0.2) is 10.8 Å². The number of pyridine rings is 1. The van der Waals surface area contributed by atoms with E-state index in [1.807, 2.05) is 30.5 Å². The Balaban J connectivity index is 1.90. The smallest absolute Gasteiger partial charge is 0.159 e. The number of hydrogen-bond donors (Lipinski definition) is 0. The van der Waals surface area contributed by atoms with Gasteiger partial charge in [-0.3, -0.25) is 9.78 Å². The van der Waals surface area contributed by atoms with Crippen molar-refractivity contribution in [2.24, 2.45) is 5.92 Å². The van der Waals surface area contributed by atoms with Gasteiger partial charge in [0.25, 0.3) is 0 Å². The Bertz CT molecular complexity index is 1000. The average molecular weight is 327 g/mol. The number of Topliss-reactive ketones (excluding diaryl/α,β-unsaturated/α-hetero) is 1. The van der Waals surface area contributed by atoms with Gasteiger partial charge in [-0.2, -0.15) is 0 Å². The summed E-state index contributed by atoms with van der Waals surface area (Å²) in [4.78, 5) is 16.5. The fraction of sp³-hybridized carbons (Fsp3) is 0.217. The molecule has 2 nitrogen and oxygen atoms in total. The number of fused-ring (bicyclic) bond motifs is 2. The maximum atomic E-state index is 11.9. The first-order valence-electron chi connectivity index (χ1n) is 8.81. The first-order chi connectivity index (χ1) is 12.1. The first kappa shape index (κ1) is 15.8. The molecule has 0 radical (unpaired) electrons. The summed E-state index contributed by atoms with van der Waals surface area (Å²) in [5.74, 6) is 0.698. The summed E-state index contributed by atoms with van der Waals surface area (Å²) in [7, 11) is 0. The highest BCUT2D eigenvalue weighted by molar-refractivity contribution is 5.96. The number of carbonyl (C=O) groups is 1. The minimum Gasteiger partial charge on any atom is -0.295 e. The molecule has 0 amide bonds. The lowest BCUT2D eigenvalue weighted by Gasteiger charge is -2.14. The standard InChI is InChI=1S/C23H21NO/c1-15-7-10-21(20-12-19-5-3-4-6-23(19)24-14-20)22-13-17(16(2)25)8-9-18(22)11-15/h3-6,8-10,12-15H,7,11H2,1-2H3. The highest BCUT2D eigenvalue weighted by atomic mass is 16.1. The van der Waals surface area contributed by atoms with E-state index in [1.54, 1.807) is 6.92 Å². The van der Waals surface area contributed by atoms with Gasteiger partial charge in [-0.15, -0.1) is 0 Å². The minimum atomic E-state index is 0.107. The average Bonchev–Trinajstić information content (AvgIpc) is 2.78. The molecule has 1 unspecified atom stereocenters. The van der Waals surface area contributed by atoms with Gasteiger partial charge in [-0.05, 0) is 60.6 Å². The number of ketones is 1. The number of carbonyl (C=O) groups excluding carboxylic acids is 1. The van der Waals surface area contributed by atoms with Gasteiger partial charge in [0, 0.05) is 22.7 Å². The molecule has 0 fully saturated rings. The molecule has 4 rings (SSSR count). The van der Waals surface area contributed by atoms with E-state index in [4.69, 9.17) is 0 Å². The van der Waals surface area contributed by atoms with Crippen LogP contribution in [0.3, 0.4) is 0 Å². The topological polar surface area (TPSA) is 30.0 Å². The third kappa shape index (κ3) is 3.00. The van der Waals surface area contributed by atoms with Crippen molar-refractivity contribution >= 4 is 22.3 Å². The summed E-state index contributed by atoms with van der Waals surface area (Å²) >= 11 is 0. The fourth-order valence-electron chi connectivity index (χ4n) is 3.60. The Kier molecular flexibility index (Phi) is 3.96. The molecular formula is C23H21NO. The molecule has 0 bridgehead atoms. The third-order valence-corrected chi connectivity index (χ3v) is 5.00. The number of allylic oxidation sites excluding steroid dienone is 1. The van der Waals surface area contributed by atoms with E-state index in [-0.39, 0.29) is 5.78 Å². The van der Waals surface area contributed by atoms with Crippen LogP contribution < -0.4 is 0 Å². The molecule has 1 heterocycles. The van der Waals surface area contributed by atoms with Gasteiger partial charge in [0.15, 0.2) is 5.78 Å². The van der Waals surface area contributed by atoms with Gasteiger partial charge < -0.3 is 0 Å². The first-order valence-corrected chi connectivity index (χ1v) is 8.81. The summed E-state index contributed by atoms with van der Waals surface area (Å²) in [6.07, 6.45) is 6.33. The normalized spacial score (nSPS) is 16.9. The predicted molar refractivity (Wildman–Crippen MR) is 103 cm³/mol. The van der Waals surface area contributed by atoms with E-state index in [0.29, 0.717) is 5.92 Å². The maximum Gasteiger partial charge on any atom is 0.159 e. The second kappa shape index (κ2) is 6.29. The number of benzene rings is 2. The van der Waals surface area contributed by atoms with Crippen LogP contribution in [0.15, 0.2) is 60.8 Å². The summed E-state index contributed by atoms with van der Waals surface area (Å²) in [6, 6.07) is 16.5. The lowest BCUT2D eigenvalue weighted by atomic mass is 9.91. The SMILES string of the molecule is CC(=O)c1ccc2c(c1)C(c1cnc3ccccc3c1)=CCC(C)C2. The van der Waals surface area contributed by atoms with E-state index >= 15 is 0 Å². The van der Waals surface area contributed by atoms with Gasteiger partial charge >= 0.3 is 0 Å². The summed E-state index contributed by atoms with van der Waals surface area (Å²) in [5.41, 5.74) is 6.58. The second-order valence-electron chi connectivity index (χ2n) is 7.01. The Hall–Kier alpha value is -2.74. The number of aromatic nitrogens is 1. The maximum absolute atomic E-state index is 11.9. The Morgan fingerprint density at radius 1 is 1.12 bits per heavy atom. The molecule has 3 aromatic rings. The van der Waals surface area contributed by atoms with Crippen LogP contribution in [-0.2, 0) is 6.42 Å². The number of hydrogen-bond acceptors (Lipinski definition) is 2. The fourth-order valence-corrected chi connectivity index (χ4v) is 3.60. The van der Waals surface area contributed by atoms with Crippen LogP contribution in [0.1, 0.15) is 47.3 Å². The molecule has 0 aliphatic heterocycles.